The molecular weight excluding hydrogens is 392 g/mol. The summed E-state index contributed by atoms with van der Waals surface area (Å²) < 4.78 is 1.44. The van der Waals surface area contributed by atoms with Crippen LogP contribution in [0.5, 0.6) is 0 Å². The molecule has 0 saturated carbocycles. The van der Waals surface area contributed by atoms with E-state index in [4.69, 9.17) is 4.98 Å². The molecule has 158 valence electrons. The van der Waals surface area contributed by atoms with Crippen molar-refractivity contribution >= 4 is 33.2 Å². The molecule has 2 N–H and O–H groups in total. The average molecular weight is 416 g/mol. The monoisotopic (exact) mass is 416 g/mol. The Bertz CT molecular complexity index is 1360. The number of carbonyl (C=O) groups excluding carboxylic acids is 1. The fraction of sp³-hybridized carbons (Fsp3) is 0.292. The summed E-state index contributed by atoms with van der Waals surface area (Å²) in [6.45, 7) is 4.06. The van der Waals surface area contributed by atoms with E-state index in [0.717, 1.165) is 23.7 Å². The van der Waals surface area contributed by atoms with E-state index in [1.165, 1.54) is 4.40 Å². The van der Waals surface area contributed by atoms with Crippen molar-refractivity contribution in [3.8, 4) is 0 Å². The van der Waals surface area contributed by atoms with E-state index in [9.17, 15) is 14.7 Å². The molecule has 1 aliphatic rings. The van der Waals surface area contributed by atoms with Crippen LogP contribution >= 0.6 is 0 Å². The van der Waals surface area contributed by atoms with Gasteiger partial charge in [-0.1, -0.05) is 30.3 Å². The zero-order valence-electron chi connectivity index (χ0n) is 17.3. The van der Waals surface area contributed by atoms with Gasteiger partial charge < -0.3 is 10.4 Å². The molecule has 31 heavy (non-hydrogen) atoms. The van der Waals surface area contributed by atoms with Crippen molar-refractivity contribution in [2.24, 2.45) is 0 Å². The number of aromatic nitrogens is 2. The molecule has 1 saturated heterocycles. The average Bonchev–Trinajstić information content (AvgIpc) is 3.17. The molecule has 0 aliphatic carbocycles. The smallest absolute Gasteiger partial charge is 0.265 e. The molecule has 2 aromatic carbocycles. The first-order chi connectivity index (χ1) is 15.0. The third-order valence-corrected chi connectivity index (χ3v) is 5.94. The molecule has 5 rings (SSSR count). The lowest BCUT2D eigenvalue weighted by molar-refractivity contribution is 0.0931. The highest BCUT2D eigenvalue weighted by Crippen LogP contribution is 2.23. The molecule has 0 radical (unpaired) electrons. The van der Waals surface area contributed by atoms with Gasteiger partial charge >= 0.3 is 0 Å². The summed E-state index contributed by atoms with van der Waals surface area (Å²) in [5.41, 5.74) is 1.11. The van der Waals surface area contributed by atoms with Gasteiger partial charge in [0, 0.05) is 37.3 Å². The molecule has 4 aromatic rings. The Kier molecular flexibility index (Phi) is 4.92. The number of amides is 1. The number of benzene rings is 2. The highest BCUT2D eigenvalue weighted by Gasteiger charge is 2.23. The number of nitrogens with one attached hydrogen (secondary N) is 1. The van der Waals surface area contributed by atoms with Crippen LogP contribution in [0.15, 0.2) is 59.5 Å². The molecule has 0 bridgehead atoms. The van der Waals surface area contributed by atoms with Gasteiger partial charge in [0.1, 0.15) is 0 Å². The topological polar surface area (TPSA) is 86.9 Å². The molecule has 1 aliphatic heterocycles. The number of β-amino-alcohol motifs (C(OH)–C–C–N with tert-alkyl or cyclic N) is 1. The van der Waals surface area contributed by atoms with E-state index in [1.807, 2.05) is 37.3 Å². The van der Waals surface area contributed by atoms with Crippen LogP contribution in [-0.4, -0.2) is 57.1 Å². The summed E-state index contributed by atoms with van der Waals surface area (Å²) in [6, 6.07) is 14.8. The lowest BCUT2D eigenvalue weighted by Crippen LogP contribution is -2.41. The third-order valence-electron chi connectivity index (χ3n) is 5.94. The van der Waals surface area contributed by atoms with E-state index >= 15 is 0 Å². The van der Waals surface area contributed by atoms with Gasteiger partial charge in [-0.3, -0.25) is 18.9 Å². The van der Waals surface area contributed by atoms with Crippen molar-refractivity contribution in [1.29, 1.82) is 0 Å². The van der Waals surface area contributed by atoms with Crippen molar-refractivity contribution in [1.82, 2.24) is 19.6 Å². The Hall–Kier alpha value is -3.29. The Morgan fingerprint density at radius 1 is 1.19 bits per heavy atom. The van der Waals surface area contributed by atoms with Gasteiger partial charge in [-0.2, -0.15) is 0 Å². The van der Waals surface area contributed by atoms with E-state index in [1.54, 1.807) is 24.4 Å². The normalized spacial score (nSPS) is 18.1. The number of rotatable bonds is 4. The number of carbonyl (C=O) groups is 1. The lowest BCUT2D eigenvalue weighted by Gasteiger charge is -2.21. The molecule has 0 spiro atoms. The molecule has 1 unspecified atom stereocenters. The molecule has 7 heteroatoms. The Labute approximate surface area is 178 Å². The van der Waals surface area contributed by atoms with Crippen molar-refractivity contribution < 1.29 is 9.90 Å². The van der Waals surface area contributed by atoms with E-state index in [2.05, 4.69) is 10.2 Å². The van der Waals surface area contributed by atoms with Crippen molar-refractivity contribution in [2.75, 3.05) is 19.6 Å². The Morgan fingerprint density at radius 3 is 2.84 bits per heavy atom. The van der Waals surface area contributed by atoms with Gasteiger partial charge in [-0.25, -0.2) is 4.98 Å². The first-order valence-electron chi connectivity index (χ1n) is 10.6. The number of nitrogens with zero attached hydrogens (tertiary/aromatic N) is 3. The van der Waals surface area contributed by atoms with Crippen LogP contribution in [0.25, 0.3) is 27.3 Å². The van der Waals surface area contributed by atoms with Crippen molar-refractivity contribution in [3.05, 3.63) is 70.6 Å². The first kappa shape index (κ1) is 19.7. The number of fused-ring (bicyclic) bond motifs is 4. The molecular formula is C24H24N4O3. The summed E-state index contributed by atoms with van der Waals surface area (Å²) >= 11 is 0. The highest BCUT2D eigenvalue weighted by molar-refractivity contribution is 6.07. The maximum atomic E-state index is 13.2. The minimum atomic E-state index is -0.292. The summed E-state index contributed by atoms with van der Waals surface area (Å²) in [4.78, 5) is 33.1. The summed E-state index contributed by atoms with van der Waals surface area (Å²) in [6.07, 6.45) is 2.11. The number of hydrogen-bond donors (Lipinski definition) is 2. The third kappa shape index (κ3) is 3.56. The van der Waals surface area contributed by atoms with Gasteiger partial charge in [-0.05, 0) is 36.9 Å². The molecule has 2 aromatic heterocycles. The summed E-state index contributed by atoms with van der Waals surface area (Å²) in [7, 11) is 0. The molecule has 7 nitrogen and oxygen atoms in total. The number of hydrogen-bond acceptors (Lipinski definition) is 5. The SMILES string of the molecule is CC(CN1CC[C@@H](O)C1)NC(=O)c1cccn2c(=O)c3ccc4ccccc4c3nc12. The predicted octanol–water partition coefficient (Wildman–Crippen LogP) is 2.19. The van der Waals surface area contributed by atoms with Gasteiger partial charge in [0.05, 0.1) is 22.6 Å². The number of aliphatic hydroxyl groups excluding tert-OH is 1. The predicted molar refractivity (Wildman–Crippen MR) is 120 cm³/mol. The van der Waals surface area contributed by atoms with Gasteiger partial charge in [0.25, 0.3) is 11.5 Å². The largest absolute Gasteiger partial charge is 0.392 e. The molecule has 1 amide bonds. The van der Waals surface area contributed by atoms with Crippen LogP contribution in [0.4, 0.5) is 0 Å². The Morgan fingerprint density at radius 2 is 2.03 bits per heavy atom. The van der Waals surface area contributed by atoms with E-state index in [-0.39, 0.29) is 23.6 Å². The van der Waals surface area contributed by atoms with E-state index in [0.29, 0.717) is 35.2 Å². The quantitative estimate of drug-likeness (QED) is 0.393. The number of likely N-dealkylation sites (tertiary alicyclic amines) is 1. The van der Waals surface area contributed by atoms with Crippen LogP contribution in [-0.2, 0) is 0 Å². The minimum Gasteiger partial charge on any atom is -0.392 e. The summed E-state index contributed by atoms with van der Waals surface area (Å²) in [5, 5.41) is 15.1. The molecule has 1 fully saturated rings. The standard InChI is InChI=1S/C24H24N4O3/c1-15(13-27-12-10-17(29)14-27)25-23(30)20-7-4-11-28-22(20)26-21-18-6-3-2-5-16(18)8-9-19(21)24(28)31/h2-9,11,15,17,29H,10,12-14H2,1H3,(H,25,30)/t15?,17-/m1/s1. The maximum absolute atomic E-state index is 13.2. The van der Waals surface area contributed by atoms with Gasteiger partial charge in [-0.15, -0.1) is 0 Å². The number of aliphatic hydroxyl groups is 1. The fourth-order valence-corrected chi connectivity index (χ4v) is 4.45. The first-order valence-corrected chi connectivity index (χ1v) is 10.6. The van der Waals surface area contributed by atoms with Crippen molar-refractivity contribution in [2.45, 2.75) is 25.5 Å². The zero-order chi connectivity index (χ0) is 21.5. The minimum absolute atomic E-state index is 0.105. The Balaban J connectivity index is 1.55. The summed E-state index contributed by atoms with van der Waals surface area (Å²) in [5.74, 6) is -0.267. The second-order valence-corrected chi connectivity index (χ2v) is 8.29. The van der Waals surface area contributed by atoms with Crippen LogP contribution in [0.1, 0.15) is 23.7 Å². The van der Waals surface area contributed by atoms with Crippen LogP contribution in [0.3, 0.4) is 0 Å². The van der Waals surface area contributed by atoms with Crippen LogP contribution < -0.4 is 10.9 Å². The van der Waals surface area contributed by atoms with Gasteiger partial charge in [0.2, 0.25) is 0 Å². The fourth-order valence-electron chi connectivity index (χ4n) is 4.45. The molecule has 3 heterocycles. The number of pyridine rings is 1. The van der Waals surface area contributed by atoms with Crippen LogP contribution in [0, 0.1) is 0 Å². The second kappa shape index (κ2) is 7.76. The molecule has 2 atom stereocenters. The van der Waals surface area contributed by atoms with Crippen LogP contribution in [0.2, 0.25) is 0 Å². The second-order valence-electron chi connectivity index (χ2n) is 8.29. The van der Waals surface area contributed by atoms with E-state index < -0.39 is 0 Å². The van der Waals surface area contributed by atoms with Gasteiger partial charge in [0.15, 0.2) is 5.65 Å². The lowest BCUT2D eigenvalue weighted by atomic mass is 10.1. The van der Waals surface area contributed by atoms with Crippen molar-refractivity contribution in [3.63, 3.8) is 0 Å². The maximum Gasteiger partial charge on any atom is 0.265 e. The highest BCUT2D eigenvalue weighted by atomic mass is 16.3. The zero-order valence-corrected chi connectivity index (χ0v) is 17.3.